The number of aromatic nitrogens is 6. The molecule has 4 aromatic heterocycles. The molecule has 9 nitrogen and oxygen atoms in total. The van der Waals surface area contributed by atoms with Gasteiger partial charge in [-0.15, -0.1) is 5.10 Å². The van der Waals surface area contributed by atoms with Gasteiger partial charge in [-0.05, 0) is 12.6 Å². The molecular formula is C19H20F2N8O. The molecule has 0 aliphatic carbocycles. The minimum atomic E-state index is -2.87. The molecule has 0 aromatic carbocycles. The van der Waals surface area contributed by atoms with Gasteiger partial charge < -0.3 is 10.1 Å². The molecule has 11 heteroatoms. The highest BCUT2D eigenvalue weighted by atomic mass is 19.3. The highest BCUT2D eigenvalue weighted by molar-refractivity contribution is 5.84. The Hall–Kier alpha value is -3.34. The molecule has 4 aromatic rings. The molecule has 0 amide bonds. The van der Waals surface area contributed by atoms with Crippen molar-refractivity contribution in [3.05, 3.63) is 37.1 Å². The Kier molecular flexibility index (Phi) is 4.28. The Morgan fingerprint density at radius 3 is 2.93 bits per heavy atom. The Bertz CT molecular complexity index is 1220. The number of rotatable bonds is 5. The van der Waals surface area contributed by atoms with Gasteiger partial charge in [0.25, 0.3) is 5.92 Å². The van der Waals surface area contributed by atoms with E-state index in [9.17, 15) is 8.78 Å². The van der Waals surface area contributed by atoms with Crippen LogP contribution in [0.1, 0.15) is 6.92 Å². The molecule has 0 bridgehead atoms. The number of anilines is 1. The van der Waals surface area contributed by atoms with E-state index in [0.717, 1.165) is 11.1 Å². The van der Waals surface area contributed by atoms with Crippen LogP contribution < -0.4 is 10.1 Å². The lowest BCUT2D eigenvalue weighted by molar-refractivity contribution is 0.00427. The van der Waals surface area contributed by atoms with Crippen molar-refractivity contribution in [1.29, 1.82) is 0 Å². The number of nitrogens with zero attached hydrogens (tertiary/aromatic N) is 7. The van der Waals surface area contributed by atoms with Crippen LogP contribution in [0.25, 0.3) is 22.4 Å². The summed E-state index contributed by atoms with van der Waals surface area (Å²) in [6, 6.07) is 0.793. The number of alkyl halides is 2. The van der Waals surface area contributed by atoms with Crippen molar-refractivity contribution < 1.29 is 13.5 Å². The SMILES string of the molecule is CCN1CC(Nc2nc(OC)c3c(-c4cnc5nccn5c4)ccn3n2)C(F)(F)C1. The van der Waals surface area contributed by atoms with Gasteiger partial charge in [0.1, 0.15) is 11.6 Å². The molecule has 1 N–H and O–H groups in total. The summed E-state index contributed by atoms with van der Waals surface area (Å²) in [7, 11) is 1.49. The van der Waals surface area contributed by atoms with Crippen LogP contribution in [0, 0.1) is 0 Å². The highest BCUT2D eigenvalue weighted by Crippen LogP contribution is 2.33. The van der Waals surface area contributed by atoms with E-state index in [0.29, 0.717) is 17.8 Å². The van der Waals surface area contributed by atoms with Gasteiger partial charge in [0.05, 0.1) is 13.7 Å². The summed E-state index contributed by atoms with van der Waals surface area (Å²) in [4.78, 5) is 14.5. The maximum atomic E-state index is 14.3. The second-order valence-corrected chi connectivity index (χ2v) is 7.23. The van der Waals surface area contributed by atoms with Gasteiger partial charge in [-0.3, -0.25) is 9.30 Å². The quantitative estimate of drug-likeness (QED) is 0.536. The van der Waals surface area contributed by atoms with Crippen LogP contribution in [0.5, 0.6) is 5.88 Å². The summed E-state index contributed by atoms with van der Waals surface area (Å²) in [5.74, 6) is -1.90. The number of fused-ring (bicyclic) bond motifs is 2. The number of ether oxygens (including phenoxy) is 1. The van der Waals surface area contributed by atoms with Crippen LogP contribution in [0.15, 0.2) is 37.1 Å². The van der Waals surface area contributed by atoms with Crippen LogP contribution in [0.2, 0.25) is 0 Å². The van der Waals surface area contributed by atoms with Gasteiger partial charge in [-0.2, -0.15) is 4.98 Å². The summed E-state index contributed by atoms with van der Waals surface area (Å²) in [5, 5.41) is 7.18. The zero-order chi connectivity index (χ0) is 20.9. The third kappa shape index (κ3) is 3.02. The van der Waals surface area contributed by atoms with Gasteiger partial charge in [-0.1, -0.05) is 6.92 Å². The number of hydrogen-bond acceptors (Lipinski definition) is 7. The molecule has 156 valence electrons. The van der Waals surface area contributed by atoms with Gasteiger partial charge in [0.2, 0.25) is 17.6 Å². The van der Waals surface area contributed by atoms with Crippen LogP contribution >= 0.6 is 0 Å². The normalized spacial score (nSPS) is 19.0. The summed E-state index contributed by atoms with van der Waals surface area (Å²) in [5.41, 5.74) is 2.26. The predicted octanol–water partition coefficient (Wildman–Crippen LogP) is 2.20. The minimum Gasteiger partial charge on any atom is -0.479 e. The summed E-state index contributed by atoms with van der Waals surface area (Å²) < 4.78 is 37.5. The van der Waals surface area contributed by atoms with E-state index in [1.54, 1.807) is 34.2 Å². The Balaban J connectivity index is 1.53. The second-order valence-electron chi connectivity index (χ2n) is 7.23. The van der Waals surface area contributed by atoms with Crippen molar-refractivity contribution in [1.82, 2.24) is 33.9 Å². The van der Waals surface area contributed by atoms with E-state index in [1.165, 1.54) is 7.11 Å². The Labute approximate surface area is 170 Å². The van der Waals surface area contributed by atoms with Gasteiger partial charge in [0.15, 0.2) is 0 Å². The zero-order valence-corrected chi connectivity index (χ0v) is 16.5. The number of likely N-dealkylation sites (tertiary alicyclic amines) is 1. The van der Waals surface area contributed by atoms with E-state index in [-0.39, 0.29) is 24.9 Å². The molecule has 1 atom stereocenters. The van der Waals surface area contributed by atoms with E-state index in [1.807, 2.05) is 23.6 Å². The molecular weight excluding hydrogens is 394 g/mol. The zero-order valence-electron chi connectivity index (χ0n) is 16.5. The first-order valence-electron chi connectivity index (χ1n) is 9.57. The van der Waals surface area contributed by atoms with Gasteiger partial charge in [0, 0.05) is 48.7 Å². The fraction of sp³-hybridized carbons (Fsp3) is 0.368. The van der Waals surface area contributed by atoms with E-state index < -0.39 is 12.0 Å². The van der Waals surface area contributed by atoms with Crippen LogP contribution in [0.4, 0.5) is 14.7 Å². The van der Waals surface area contributed by atoms with E-state index in [2.05, 4.69) is 25.4 Å². The molecule has 1 unspecified atom stereocenters. The average Bonchev–Trinajstić information content (AvgIpc) is 3.44. The number of imidazole rings is 1. The Morgan fingerprint density at radius 2 is 2.17 bits per heavy atom. The Morgan fingerprint density at radius 1 is 1.30 bits per heavy atom. The van der Waals surface area contributed by atoms with Crippen LogP contribution in [-0.4, -0.2) is 72.6 Å². The molecule has 5 heterocycles. The summed E-state index contributed by atoms with van der Waals surface area (Å²) in [6.07, 6.45) is 8.82. The third-order valence-corrected chi connectivity index (χ3v) is 5.36. The molecule has 1 fully saturated rings. The van der Waals surface area contributed by atoms with Crippen LogP contribution in [-0.2, 0) is 0 Å². The molecule has 30 heavy (non-hydrogen) atoms. The number of nitrogens with one attached hydrogen (secondary N) is 1. The fourth-order valence-electron chi connectivity index (χ4n) is 3.80. The number of hydrogen-bond donors (Lipinski definition) is 1. The molecule has 1 aliphatic heterocycles. The van der Waals surface area contributed by atoms with Gasteiger partial charge in [-0.25, -0.2) is 23.3 Å². The number of halogens is 2. The average molecular weight is 414 g/mol. The molecule has 5 rings (SSSR count). The lowest BCUT2D eigenvalue weighted by Gasteiger charge is -2.19. The van der Waals surface area contributed by atoms with Crippen molar-refractivity contribution in [3.63, 3.8) is 0 Å². The lowest BCUT2D eigenvalue weighted by Crippen LogP contribution is -2.38. The molecule has 0 spiro atoms. The summed E-state index contributed by atoms with van der Waals surface area (Å²) in [6.45, 7) is 2.37. The maximum absolute atomic E-state index is 14.3. The molecule has 0 saturated carbocycles. The van der Waals surface area contributed by atoms with Crippen molar-refractivity contribution in [2.45, 2.75) is 18.9 Å². The largest absolute Gasteiger partial charge is 0.479 e. The van der Waals surface area contributed by atoms with Crippen LogP contribution in [0.3, 0.4) is 0 Å². The number of likely N-dealkylation sites (N-methyl/N-ethyl adjacent to an activating group) is 1. The maximum Gasteiger partial charge on any atom is 0.281 e. The first-order chi connectivity index (χ1) is 14.5. The van der Waals surface area contributed by atoms with Crippen molar-refractivity contribution in [2.24, 2.45) is 0 Å². The fourth-order valence-corrected chi connectivity index (χ4v) is 3.80. The first kappa shape index (κ1) is 18.7. The van der Waals surface area contributed by atoms with E-state index >= 15 is 0 Å². The predicted molar refractivity (Wildman–Crippen MR) is 106 cm³/mol. The molecule has 1 saturated heterocycles. The van der Waals surface area contributed by atoms with Crippen molar-refractivity contribution >= 4 is 17.2 Å². The highest BCUT2D eigenvalue weighted by Gasteiger charge is 2.48. The minimum absolute atomic E-state index is 0.0901. The molecule has 1 aliphatic rings. The monoisotopic (exact) mass is 414 g/mol. The molecule has 0 radical (unpaired) electrons. The second kappa shape index (κ2) is 6.87. The smallest absolute Gasteiger partial charge is 0.281 e. The third-order valence-electron chi connectivity index (χ3n) is 5.36. The summed E-state index contributed by atoms with van der Waals surface area (Å²) >= 11 is 0. The van der Waals surface area contributed by atoms with Gasteiger partial charge >= 0.3 is 0 Å². The topological polar surface area (TPSA) is 84.9 Å². The first-order valence-corrected chi connectivity index (χ1v) is 9.57. The lowest BCUT2D eigenvalue weighted by atomic mass is 10.1. The van der Waals surface area contributed by atoms with Crippen molar-refractivity contribution in [2.75, 3.05) is 32.1 Å². The van der Waals surface area contributed by atoms with E-state index in [4.69, 9.17) is 4.74 Å². The van der Waals surface area contributed by atoms with Crippen molar-refractivity contribution in [3.8, 4) is 17.0 Å². The standard InChI is InChI=1S/C19H20F2N8O/c1-3-27-10-14(19(20,21)11-27)24-17-25-16(30-2)15-13(4-6-29(15)26-17)12-8-23-18-22-5-7-28(18)9-12/h4-9,14H,3,10-11H2,1-2H3,(H,24,26). The number of methoxy groups -OCH3 is 1.